The highest BCUT2D eigenvalue weighted by Crippen LogP contribution is 2.34. The van der Waals surface area contributed by atoms with Crippen LogP contribution in [0.1, 0.15) is 30.5 Å². The van der Waals surface area contributed by atoms with Crippen molar-refractivity contribution >= 4 is 33.8 Å². The van der Waals surface area contributed by atoms with Crippen molar-refractivity contribution < 1.29 is 19.1 Å². The van der Waals surface area contributed by atoms with E-state index in [2.05, 4.69) is 26.6 Å². The highest BCUT2D eigenvalue weighted by atomic mass is 79.9. The second-order valence-electron chi connectivity index (χ2n) is 6.72. The van der Waals surface area contributed by atoms with Crippen LogP contribution >= 0.6 is 15.9 Å². The first-order valence-corrected chi connectivity index (χ1v) is 10.1. The molecule has 3 rings (SSSR count). The molecule has 2 amide bonds. The van der Waals surface area contributed by atoms with E-state index in [0.717, 1.165) is 27.1 Å². The molecule has 0 fully saturated rings. The molecule has 2 N–H and O–H groups in total. The standard InChI is InChI=1S/C22H23BrN2O4/c1-14(24-21(26)10-5-15-3-7-17(28-2)8-4-15)22(27)25-19-11-12-29-20-9-6-16(23)13-18(19)20/h3-10,13-14,19H,11-12H2,1-2H3,(H,24,26)(H,25,27)/b10-5+. The average molecular weight is 459 g/mol. The molecule has 1 aliphatic heterocycles. The lowest BCUT2D eigenvalue weighted by Gasteiger charge is -2.28. The van der Waals surface area contributed by atoms with Gasteiger partial charge in [-0.15, -0.1) is 0 Å². The van der Waals surface area contributed by atoms with Crippen LogP contribution in [-0.4, -0.2) is 31.6 Å². The zero-order valence-corrected chi connectivity index (χ0v) is 17.9. The van der Waals surface area contributed by atoms with Crippen LogP contribution < -0.4 is 20.1 Å². The van der Waals surface area contributed by atoms with Crippen molar-refractivity contribution in [2.45, 2.75) is 25.4 Å². The Morgan fingerprint density at radius 1 is 1.24 bits per heavy atom. The van der Waals surface area contributed by atoms with Crippen molar-refractivity contribution in [2.75, 3.05) is 13.7 Å². The zero-order valence-electron chi connectivity index (χ0n) is 16.3. The molecule has 2 unspecified atom stereocenters. The predicted molar refractivity (Wildman–Crippen MR) is 115 cm³/mol. The lowest BCUT2D eigenvalue weighted by atomic mass is 10.0. The SMILES string of the molecule is COc1ccc(/C=C/C(=O)NC(C)C(=O)NC2CCOc3ccc(Br)cc32)cc1. The lowest BCUT2D eigenvalue weighted by molar-refractivity contribution is -0.127. The summed E-state index contributed by atoms with van der Waals surface area (Å²) in [7, 11) is 1.60. The Kier molecular flexibility index (Phi) is 6.93. The number of nitrogens with one attached hydrogen (secondary N) is 2. The minimum absolute atomic E-state index is 0.155. The first-order valence-electron chi connectivity index (χ1n) is 9.31. The van der Waals surface area contributed by atoms with Gasteiger partial charge in [-0.1, -0.05) is 28.1 Å². The van der Waals surface area contributed by atoms with Crippen LogP contribution in [0.4, 0.5) is 0 Å². The maximum atomic E-state index is 12.6. The van der Waals surface area contributed by atoms with Crippen molar-refractivity contribution in [1.82, 2.24) is 10.6 Å². The number of benzene rings is 2. The van der Waals surface area contributed by atoms with Gasteiger partial charge in [0.15, 0.2) is 0 Å². The monoisotopic (exact) mass is 458 g/mol. The van der Waals surface area contributed by atoms with E-state index in [1.54, 1.807) is 20.1 Å². The lowest BCUT2D eigenvalue weighted by Crippen LogP contribution is -2.46. The smallest absolute Gasteiger partial charge is 0.244 e. The molecule has 0 radical (unpaired) electrons. The van der Waals surface area contributed by atoms with Crippen molar-refractivity contribution in [2.24, 2.45) is 0 Å². The summed E-state index contributed by atoms with van der Waals surface area (Å²) in [5.41, 5.74) is 1.79. The summed E-state index contributed by atoms with van der Waals surface area (Å²) in [5.74, 6) is 0.940. The summed E-state index contributed by atoms with van der Waals surface area (Å²) in [6.07, 6.45) is 3.77. The summed E-state index contributed by atoms with van der Waals surface area (Å²) >= 11 is 3.45. The van der Waals surface area contributed by atoms with E-state index in [9.17, 15) is 9.59 Å². The van der Waals surface area contributed by atoms with Crippen molar-refractivity contribution in [1.29, 1.82) is 0 Å². The molecule has 2 aromatic rings. The second kappa shape index (κ2) is 9.60. The number of ether oxygens (including phenoxy) is 2. The maximum Gasteiger partial charge on any atom is 0.244 e. The molecule has 2 atom stereocenters. The molecule has 6 nitrogen and oxygen atoms in total. The molecule has 2 aromatic carbocycles. The Morgan fingerprint density at radius 3 is 2.72 bits per heavy atom. The number of carbonyl (C=O) groups excluding carboxylic acids is 2. The molecule has 0 bridgehead atoms. The van der Waals surface area contributed by atoms with Gasteiger partial charge in [0, 0.05) is 22.5 Å². The molecule has 0 aliphatic carbocycles. The van der Waals surface area contributed by atoms with Crippen LogP contribution in [0.5, 0.6) is 11.5 Å². The largest absolute Gasteiger partial charge is 0.497 e. The maximum absolute atomic E-state index is 12.6. The van der Waals surface area contributed by atoms with E-state index in [-0.39, 0.29) is 17.9 Å². The molecule has 0 saturated heterocycles. The van der Waals surface area contributed by atoms with E-state index in [4.69, 9.17) is 9.47 Å². The molecule has 0 aromatic heterocycles. The van der Waals surface area contributed by atoms with Gasteiger partial charge in [-0.3, -0.25) is 9.59 Å². The Morgan fingerprint density at radius 2 is 2.00 bits per heavy atom. The van der Waals surface area contributed by atoms with Crippen LogP contribution in [0.15, 0.2) is 53.0 Å². The third kappa shape index (κ3) is 5.60. The van der Waals surface area contributed by atoms with Gasteiger partial charge in [-0.25, -0.2) is 0 Å². The third-order valence-corrected chi connectivity index (χ3v) is 5.12. The zero-order chi connectivity index (χ0) is 20.8. The van der Waals surface area contributed by atoms with Gasteiger partial charge in [0.25, 0.3) is 0 Å². The molecule has 7 heteroatoms. The Balaban J connectivity index is 1.56. The molecule has 29 heavy (non-hydrogen) atoms. The Bertz CT molecular complexity index is 912. The average Bonchev–Trinajstić information content (AvgIpc) is 2.73. The van der Waals surface area contributed by atoms with E-state index in [0.29, 0.717) is 13.0 Å². The second-order valence-corrected chi connectivity index (χ2v) is 7.63. The number of amides is 2. The number of carbonyl (C=O) groups is 2. The van der Waals surface area contributed by atoms with Crippen LogP contribution in [0.25, 0.3) is 6.08 Å². The minimum Gasteiger partial charge on any atom is -0.497 e. The number of halogens is 1. The van der Waals surface area contributed by atoms with Crippen LogP contribution in [0.3, 0.4) is 0 Å². The summed E-state index contributed by atoms with van der Waals surface area (Å²) in [6.45, 7) is 2.19. The van der Waals surface area contributed by atoms with Crippen LogP contribution in [-0.2, 0) is 9.59 Å². The normalized spacial score (nSPS) is 16.4. The fourth-order valence-corrected chi connectivity index (χ4v) is 3.40. The highest BCUT2D eigenvalue weighted by Gasteiger charge is 2.25. The van der Waals surface area contributed by atoms with E-state index in [1.807, 2.05) is 42.5 Å². The van der Waals surface area contributed by atoms with Gasteiger partial charge in [-0.2, -0.15) is 0 Å². The van der Waals surface area contributed by atoms with E-state index >= 15 is 0 Å². The highest BCUT2D eigenvalue weighted by molar-refractivity contribution is 9.10. The molecular formula is C22H23BrN2O4. The van der Waals surface area contributed by atoms with Gasteiger partial charge < -0.3 is 20.1 Å². The number of fused-ring (bicyclic) bond motifs is 1. The van der Waals surface area contributed by atoms with Crippen molar-refractivity contribution in [3.8, 4) is 11.5 Å². The molecular weight excluding hydrogens is 436 g/mol. The van der Waals surface area contributed by atoms with Gasteiger partial charge in [0.1, 0.15) is 17.5 Å². The Hall–Kier alpha value is -2.80. The van der Waals surface area contributed by atoms with E-state index < -0.39 is 6.04 Å². The topological polar surface area (TPSA) is 76.7 Å². The van der Waals surface area contributed by atoms with Crippen LogP contribution in [0.2, 0.25) is 0 Å². The minimum atomic E-state index is -0.665. The first-order chi connectivity index (χ1) is 14.0. The fourth-order valence-electron chi connectivity index (χ4n) is 3.03. The van der Waals surface area contributed by atoms with Crippen LogP contribution in [0, 0.1) is 0 Å². The van der Waals surface area contributed by atoms with Crippen molar-refractivity contribution in [3.05, 3.63) is 64.1 Å². The predicted octanol–water partition coefficient (Wildman–Crippen LogP) is 3.62. The summed E-state index contributed by atoms with van der Waals surface area (Å²) in [4.78, 5) is 24.7. The Labute approximate surface area is 178 Å². The molecule has 0 saturated carbocycles. The molecule has 1 heterocycles. The van der Waals surface area contributed by atoms with Crippen molar-refractivity contribution in [3.63, 3.8) is 0 Å². The molecule has 152 valence electrons. The van der Waals surface area contributed by atoms with E-state index in [1.165, 1.54) is 6.08 Å². The van der Waals surface area contributed by atoms with Gasteiger partial charge >= 0.3 is 0 Å². The summed E-state index contributed by atoms with van der Waals surface area (Å²) in [5, 5.41) is 5.70. The number of hydrogen-bond donors (Lipinski definition) is 2. The fraction of sp³-hybridized carbons (Fsp3) is 0.273. The molecule has 0 spiro atoms. The number of hydrogen-bond acceptors (Lipinski definition) is 4. The first kappa shape index (κ1) is 20.9. The van der Waals surface area contributed by atoms with Gasteiger partial charge in [0.2, 0.25) is 11.8 Å². The quantitative estimate of drug-likeness (QED) is 0.648. The summed E-state index contributed by atoms with van der Waals surface area (Å²) < 4.78 is 11.7. The third-order valence-electron chi connectivity index (χ3n) is 4.62. The number of rotatable bonds is 6. The summed E-state index contributed by atoms with van der Waals surface area (Å²) in [6, 6.07) is 12.2. The van der Waals surface area contributed by atoms with Gasteiger partial charge in [0.05, 0.1) is 19.8 Å². The van der Waals surface area contributed by atoms with Gasteiger partial charge in [-0.05, 0) is 48.9 Å². The molecule has 1 aliphatic rings. The number of methoxy groups -OCH3 is 1.